The molecule has 4 rings (SSSR count). The van der Waals surface area contributed by atoms with Gasteiger partial charge in [-0.15, -0.1) is 0 Å². The third kappa shape index (κ3) is 3.08. The Hall–Kier alpha value is -1.72. The lowest BCUT2D eigenvalue weighted by molar-refractivity contribution is 0.0237. The van der Waals surface area contributed by atoms with E-state index in [4.69, 9.17) is 27.9 Å². The molecule has 1 aliphatic heterocycles. The minimum atomic E-state index is -0.161. The molecule has 1 fully saturated rings. The van der Waals surface area contributed by atoms with Crippen molar-refractivity contribution < 1.29 is 9.84 Å². The van der Waals surface area contributed by atoms with E-state index in [-0.39, 0.29) is 16.8 Å². The van der Waals surface area contributed by atoms with Crippen LogP contribution in [0.1, 0.15) is 22.9 Å². The van der Waals surface area contributed by atoms with Crippen LogP contribution in [0.25, 0.3) is 10.9 Å². The van der Waals surface area contributed by atoms with Gasteiger partial charge in [0.15, 0.2) is 0 Å². The van der Waals surface area contributed by atoms with Gasteiger partial charge in [0, 0.05) is 45.8 Å². The first-order chi connectivity index (χ1) is 12.6. The number of ether oxygens (including phenoxy) is 1. The minimum absolute atomic E-state index is 0.0808. The van der Waals surface area contributed by atoms with Gasteiger partial charge >= 0.3 is 0 Å². The predicted octanol–water partition coefficient (Wildman–Crippen LogP) is 4.91. The second-order valence-electron chi connectivity index (χ2n) is 6.59. The summed E-state index contributed by atoms with van der Waals surface area (Å²) in [6, 6.07) is 11.4. The molecule has 2 aromatic carbocycles. The number of hydrogen-bond acceptors (Lipinski definition) is 3. The second kappa shape index (κ2) is 7.12. The number of hydrogen-bond donors (Lipinski definition) is 2. The quantitative estimate of drug-likeness (QED) is 0.667. The lowest BCUT2D eigenvalue weighted by Gasteiger charge is -2.35. The lowest BCUT2D eigenvalue weighted by atomic mass is 9.93. The first kappa shape index (κ1) is 17.7. The Labute approximate surface area is 162 Å². The lowest BCUT2D eigenvalue weighted by Crippen LogP contribution is -2.39. The topological polar surface area (TPSA) is 48.5 Å². The van der Waals surface area contributed by atoms with Crippen molar-refractivity contribution >= 4 is 34.1 Å². The molecule has 4 nitrogen and oxygen atoms in total. The summed E-state index contributed by atoms with van der Waals surface area (Å²) in [5.74, 6) is 0.0808. The maximum Gasteiger partial charge on any atom is 0.139 e. The van der Waals surface area contributed by atoms with E-state index in [0.717, 1.165) is 40.8 Å². The Morgan fingerprint density at radius 1 is 1.15 bits per heavy atom. The molecule has 0 radical (unpaired) electrons. The van der Waals surface area contributed by atoms with Crippen molar-refractivity contribution in [1.29, 1.82) is 0 Å². The average Bonchev–Trinajstić information content (AvgIpc) is 2.96. The Morgan fingerprint density at radius 2 is 1.88 bits per heavy atom. The molecule has 1 atom stereocenters. The molecule has 136 valence electrons. The number of morpholine rings is 1. The van der Waals surface area contributed by atoms with Crippen LogP contribution in [-0.4, -0.2) is 41.3 Å². The average molecular weight is 391 g/mol. The molecule has 6 heteroatoms. The number of aromatic hydroxyl groups is 1. The zero-order chi connectivity index (χ0) is 18.3. The van der Waals surface area contributed by atoms with E-state index in [1.165, 1.54) is 0 Å². The number of para-hydroxylation sites is 1. The van der Waals surface area contributed by atoms with E-state index in [0.29, 0.717) is 18.2 Å². The summed E-state index contributed by atoms with van der Waals surface area (Å²) in [5, 5.41) is 12.6. The third-order valence-corrected chi connectivity index (χ3v) is 5.49. The molecule has 0 aliphatic carbocycles. The molecule has 0 saturated carbocycles. The van der Waals surface area contributed by atoms with Gasteiger partial charge in [-0.25, -0.2) is 0 Å². The van der Waals surface area contributed by atoms with Gasteiger partial charge in [-0.1, -0.05) is 41.4 Å². The Kier molecular flexibility index (Phi) is 4.84. The predicted molar refractivity (Wildman–Crippen MR) is 105 cm³/mol. The van der Waals surface area contributed by atoms with E-state index < -0.39 is 0 Å². The van der Waals surface area contributed by atoms with Crippen molar-refractivity contribution in [2.24, 2.45) is 0 Å². The molecule has 0 spiro atoms. The van der Waals surface area contributed by atoms with Crippen LogP contribution in [0.3, 0.4) is 0 Å². The SMILES string of the molecule is Cc1[nH]c2ccccc2c1[C@@H](c1cc(Cl)cc(Cl)c1O)N1CCOCC1. The van der Waals surface area contributed by atoms with Crippen LogP contribution in [0, 0.1) is 6.92 Å². The Bertz CT molecular complexity index is 948. The number of aromatic nitrogens is 1. The van der Waals surface area contributed by atoms with Gasteiger partial charge in [0.1, 0.15) is 5.75 Å². The van der Waals surface area contributed by atoms with Gasteiger partial charge < -0.3 is 14.8 Å². The monoisotopic (exact) mass is 390 g/mol. The normalized spacial score (nSPS) is 16.9. The fourth-order valence-corrected chi connectivity index (χ4v) is 4.32. The van der Waals surface area contributed by atoms with Crippen LogP contribution < -0.4 is 0 Å². The number of phenols is 1. The standard InChI is InChI=1S/C20H20Cl2N2O2/c1-12-18(14-4-2-3-5-17(14)23-12)19(24-6-8-26-9-7-24)15-10-13(21)11-16(22)20(15)25/h2-5,10-11,19,23,25H,6-9H2,1H3/t19-/m1/s1. The zero-order valence-corrected chi connectivity index (χ0v) is 15.9. The number of phenolic OH excluding ortho intramolecular Hbond substituents is 1. The Balaban J connectivity index is 1.96. The molecule has 0 amide bonds. The molecule has 1 aliphatic rings. The summed E-state index contributed by atoms with van der Waals surface area (Å²) in [7, 11) is 0. The number of aryl methyl sites for hydroxylation is 1. The summed E-state index contributed by atoms with van der Waals surface area (Å²) < 4.78 is 5.53. The number of rotatable bonds is 3. The van der Waals surface area contributed by atoms with Gasteiger partial charge in [-0.3, -0.25) is 4.90 Å². The van der Waals surface area contributed by atoms with Gasteiger partial charge in [0.2, 0.25) is 0 Å². The van der Waals surface area contributed by atoms with Crippen molar-refractivity contribution in [3.8, 4) is 5.75 Å². The van der Waals surface area contributed by atoms with Gasteiger partial charge in [-0.2, -0.15) is 0 Å². The van der Waals surface area contributed by atoms with E-state index in [9.17, 15) is 5.11 Å². The van der Waals surface area contributed by atoms with Crippen molar-refractivity contribution in [3.05, 3.63) is 63.3 Å². The largest absolute Gasteiger partial charge is 0.506 e. The first-order valence-electron chi connectivity index (χ1n) is 8.63. The number of fused-ring (bicyclic) bond motifs is 1. The molecular formula is C20H20Cl2N2O2. The zero-order valence-electron chi connectivity index (χ0n) is 14.4. The van der Waals surface area contributed by atoms with Gasteiger partial charge in [0.05, 0.1) is 24.3 Å². The fraction of sp³-hybridized carbons (Fsp3) is 0.300. The van der Waals surface area contributed by atoms with Crippen LogP contribution in [0.4, 0.5) is 0 Å². The summed E-state index contributed by atoms with van der Waals surface area (Å²) in [6.07, 6.45) is 0. The highest BCUT2D eigenvalue weighted by molar-refractivity contribution is 6.35. The van der Waals surface area contributed by atoms with E-state index >= 15 is 0 Å². The highest BCUT2D eigenvalue weighted by Gasteiger charge is 2.31. The van der Waals surface area contributed by atoms with E-state index in [1.807, 2.05) is 18.2 Å². The van der Waals surface area contributed by atoms with Gasteiger partial charge in [-0.05, 0) is 25.1 Å². The van der Waals surface area contributed by atoms with Crippen molar-refractivity contribution in [3.63, 3.8) is 0 Å². The second-order valence-corrected chi connectivity index (χ2v) is 7.43. The molecule has 26 heavy (non-hydrogen) atoms. The van der Waals surface area contributed by atoms with Crippen molar-refractivity contribution in [1.82, 2.24) is 9.88 Å². The summed E-state index contributed by atoms with van der Waals surface area (Å²) in [4.78, 5) is 5.77. The molecule has 0 unspecified atom stereocenters. The maximum atomic E-state index is 10.7. The first-order valence-corrected chi connectivity index (χ1v) is 9.38. The number of halogens is 2. The van der Waals surface area contributed by atoms with Crippen LogP contribution in [-0.2, 0) is 4.74 Å². The third-order valence-electron chi connectivity index (χ3n) is 4.98. The molecule has 1 saturated heterocycles. The maximum absolute atomic E-state index is 10.7. The van der Waals surface area contributed by atoms with Crippen LogP contribution in [0.2, 0.25) is 10.0 Å². The van der Waals surface area contributed by atoms with Crippen molar-refractivity contribution in [2.75, 3.05) is 26.3 Å². The fourth-order valence-electron chi connectivity index (χ4n) is 3.82. The molecule has 2 heterocycles. The number of aromatic amines is 1. The van der Waals surface area contributed by atoms with Crippen LogP contribution >= 0.6 is 23.2 Å². The van der Waals surface area contributed by atoms with Gasteiger partial charge in [0.25, 0.3) is 0 Å². The highest BCUT2D eigenvalue weighted by atomic mass is 35.5. The molecular weight excluding hydrogens is 371 g/mol. The van der Waals surface area contributed by atoms with E-state index in [1.54, 1.807) is 6.07 Å². The number of nitrogens with one attached hydrogen (secondary N) is 1. The molecule has 1 aromatic heterocycles. The summed E-state index contributed by atoms with van der Waals surface area (Å²) in [6.45, 7) is 4.92. The smallest absolute Gasteiger partial charge is 0.139 e. The number of H-pyrrole nitrogens is 1. The van der Waals surface area contributed by atoms with E-state index in [2.05, 4.69) is 28.9 Å². The Morgan fingerprint density at radius 3 is 2.65 bits per heavy atom. The number of benzene rings is 2. The van der Waals surface area contributed by atoms with Crippen molar-refractivity contribution in [2.45, 2.75) is 13.0 Å². The molecule has 3 aromatic rings. The van der Waals surface area contributed by atoms with Crippen LogP contribution in [0.5, 0.6) is 5.75 Å². The minimum Gasteiger partial charge on any atom is -0.506 e. The van der Waals surface area contributed by atoms with Crippen LogP contribution in [0.15, 0.2) is 36.4 Å². The summed E-state index contributed by atoms with van der Waals surface area (Å²) >= 11 is 12.5. The molecule has 0 bridgehead atoms. The number of nitrogens with zero attached hydrogens (tertiary/aromatic N) is 1. The molecule has 2 N–H and O–H groups in total. The summed E-state index contributed by atoms with van der Waals surface area (Å²) in [5.41, 5.74) is 4.00. The highest BCUT2D eigenvalue weighted by Crippen LogP contribution is 2.43.